The first-order valence-electron chi connectivity index (χ1n) is 2.84. The Kier molecular flexibility index (Phi) is 2.03. The van der Waals surface area contributed by atoms with E-state index in [0.717, 1.165) is 12.3 Å². The van der Waals surface area contributed by atoms with Crippen LogP contribution in [0.1, 0.15) is 10.4 Å². The summed E-state index contributed by atoms with van der Waals surface area (Å²) in [6.07, 6.45) is 1.13. The predicted molar refractivity (Wildman–Crippen MR) is 36.6 cm³/mol. The lowest BCUT2D eigenvalue weighted by molar-refractivity contribution is 0.0952. The second-order valence-electron chi connectivity index (χ2n) is 1.81. The lowest BCUT2D eigenvalue weighted by Gasteiger charge is -1.95. The first-order valence-corrected chi connectivity index (χ1v) is 2.84. The predicted octanol–water partition coefficient (Wildman–Crippen LogP) is -0.757. The van der Waals surface area contributed by atoms with Gasteiger partial charge in [-0.1, -0.05) is 0 Å². The van der Waals surface area contributed by atoms with Crippen LogP contribution >= 0.6 is 0 Å². The van der Waals surface area contributed by atoms with Gasteiger partial charge in [0.25, 0.3) is 5.91 Å². The summed E-state index contributed by atoms with van der Waals surface area (Å²) in [5.41, 5.74) is 1.50. The van der Waals surface area contributed by atoms with E-state index in [1.54, 1.807) is 0 Å². The molecule has 5 heteroatoms. The zero-order valence-electron chi connectivity index (χ0n) is 5.53. The molecule has 0 saturated carbocycles. The minimum absolute atomic E-state index is 0.184. The molecule has 0 spiro atoms. The highest BCUT2D eigenvalue weighted by atomic mass is 16.4. The summed E-state index contributed by atoms with van der Waals surface area (Å²) in [6.45, 7) is 0. The fraction of sp³-hybridized carbons (Fsp3) is 0. The fourth-order valence-electron chi connectivity index (χ4n) is 0.608. The van der Waals surface area contributed by atoms with Crippen molar-refractivity contribution in [1.29, 1.82) is 0 Å². The van der Waals surface area contributed by atoms with Crippen LogP contribution in [-0.4, -0.2) is 5.91 Å². The Labute approximate surface area is 61.8 Å². The van der Waals surface area contributed by atoms with Gasteiger partial charge in [0.2, 0.25) is 0 Å². The minimum Gasteiger partial charge on any atom is -0.431 e. The molecule has 1 rings (SSSR count). The number of carbonyl (C=O) groups is 1. The van der Waals surface area contributed by atoms with Crippen molar-refractivity contribution in [3.05, 3.63) is 34.4 Å². The summed E-state index contributed by atoms with van der Waals surface area (Å²) in [5.74, 6) is 4.31. The zero-order chi connectivity index (χ0) is 8.27. The van der Waals surface area contributed by atoms with Crippen LogP contribution in [0.2, 0.25) is 0 Å². The van der Waals surface area contributed by atoms with Gasteiger partial charge in [0.1, 0.15) is 0 Å². The third-order valence-electron chi connectivity index (χ3n) is 1.10. The number of nitrogens with one attached hydrogen (secondary N) is 1. The second-order valence-corrected chi connectivity index (χ2v) is 1.81. The van der Waals surface area contributed by atoms with Gasteiger partial charge in [-0.15, -0.1) is 0 Å². The minimum atomic E-state index is -0.578. The van der Waals surface area contributed by atoms with E-state index >= 15 is 0 Å². The van der Waals surface area contributed by atoms with Crippen molar-refractivity contribution in [2.24, 2.45) is 5.84 Å². The number of carbonyl (C=O) groups excluding carboxylic acids is 1. The number of rotatable bonds is 1. The maximum Gasteiger partial charge on any atom is 0.336 e. The fourth-order valence-corrected chi connectivity index (χ4v) is 0.608. The first-order chi connectivity index (χ1) is 5.24. The average molecular weight is 154 g/mol. The molecular formula is C6H6N2O3. The molecule has 58 valence electrons. The molecular weight excluding hydrogens is 148 g/mol. The maximum atomic E-state index is 10.7. The van der Waals surface area contributed by atoms with E-state index in [9.17, 15) is 9.59 Å². The van der Waals surface area contributed by atoms with Crippen LogP contribution < -0.4 is 16.9 Å². The third-order valence-corrected chi connectivity index (χ3v) is 1.10. The number of amides is 1. The van der Waals surface area contributed by atoms with Crippen molar-refractivity contribution < 1.29 is 9.21 Å². The van der Waals surface area contributed by atoms with Crippen LogP contribution in [0.3, 0.4) is 0 Å². The molecule has 0 aliphatic carbocycles. The molecule has 0 fully saturated rings. The summed E-state index contributed by atoms with van der Waals surface area (Å²) >= 11 is 0. The van der Waals surface area contributed by atoms with Crippen LogP contribution in [0, 0.1) is 0 Å². The van der Waals surface area contributed by atoms with Gasteiger partial charge in [-0.05, 0) is 6.07 Å². The lowest BCUT2D eigenvalue weighted by Crippen LogP contribution is -2.30. The van der Waals surface area contributed by atoms with E-state index in [1.807, 2.05) is 5.43 Å². The van der Waals surface area contributed by atoms with Crippen molar-refractivity contribution in [1.82, 2.24) is 5.43 Å². The van der Waals surface area contributed by atoms with Gasteiger partial charge in [0.15, 0.2) is 0 Å². The lowest BCUT2D eigenvalue weighted by atomic mass is 10.3. The van der Waals surface area contributed by atoms with E-state index < -0.39 is 11.5 Å². The molecule has 0 atom stereocenters. The third kappa shape index (κ3) is 1.65. The molecule has 1 aromatic rings. The molecule has 0 bridgehead atoms. The Hall–Kier alpha value is -1.62. The van der Waals surface area contributed by atoms with Crippen molar-refractivity contribution in [2.75, 3.05) is 0 Å². The monoisotopic (exact) mass is 154 g/mol. The summed E-state index contributed by atoms with van der Waals surface area (Å²) in [5, 5.41) is 0. The van der Waals surface area contributed by atoms with Crippen molar-refractivity contribution >= 4 is 5.91 Å². The molecule has 5 nitrogen and oxygen atoms in total. The Balaban J connectivity index is 3.05. The van der Waals surface area contributed by atoms with E-state index in [4.69, 9.17) is 5.84 Å². The summed E-state index contributed by atoms with van der Waals surface area (Å²) in [7, 11) is 0. The molecule has 1 aromatic heterocycles. The van der Waals surface area contributed by atoms with Gasteiger partial charge < -0.3 is 4.42 Å². The van der Waals surface area contributed by atoms with Crippen LogP contribution in [0.25, 0.3) is 0 Å². The van der Waals surface area contributed by atoms with Gasteiger partial charge in [-0.3, -0.25) is 10.2 Å². The van der Waals surface area contributed by atoms with Crippen molar-refractivity contribution in [3.8, 4) is 0 Å². The molecule has 1 heterocycles. The van der Waals surface area contributed by atoms with Crippen LogP contribution in [0.4, 0.5) is 0 Å². The average Bonchev–Trinajstić information content (AvgIpc) is 2.03. The molecule has 0 aliphatic rings. The molecule has 3 N–H and O–H groups in total. The quantitative estimate of drug-likeness (QED) is 0.316. The van der Waals surface area contributed by atoms with Crippen molar-refractivity contribution in [2.45, 2.75) is 0 Å². The van der Waals surface area contributed by atoms with Crippen LogP contribution in [0.15, 0.2) is 27.6 Å². The van der Waals surface area contributed by atoms with Crippen LogP contribution in [-0.2, 0) is 0 Å². The summed E-state index contributed by atoms with van der Waals surface area (Å²) < 4.78 is 4.39. The SMILES string of the molecule is NNC(=O)c1ccoc(=O)c1. The highest BCUT2D eigenvalue weighted by Crippen LogP contribution is 1.91. The number of nitrogen functional groups attached to an aromatic ring is 1. The molecule has 11 heavy (non-hydrogen) atoms. The highest BCUT2D eigenvalue weighted by Gasteiger charge is 2.02. The molecule has 1 amide bonds. The first kappa shape index (κ1) is 7.49. The largest absolute Gasteiger partial charge is 0.431 e. The number of hydrazine groups is 1. The summed E-state index contributed by atoms with van der Waals surface area (Å²) in [6, 6.07) is 2.41. The number of hydrogen-bond acceptors (Lipinski definition) is 4. The van der Waals surface area contributed by atoms with Crippen molar-refractivity contribution in [3.63, 3.8) is 0 Å². The smallest absolute Gasteiger partial charge is 0.336 e. The van der Waals surface area contributed by atoms with E-state index in [2.05, 4.69) is 4.42 Å². The standard InChI is InChI=1S/C6H6N2O3/c7-8-6(10)4-1-2-11-5(9)3-4/h1-3H,7H2,(H,8,10). The van der Waals surface area contributed by atoms with E-state index in [1.165, 1.54) is 6.07 Å². The van der Waals surface area contributed by atoms with E-state index in [0.29, 0.717) is 0 Å². The second kappa shape index (κ2) is 2.98. The molecule has 0 aromatic carbocycles. The normalized spacial score (nSPS) is 9.18. The zero-order valence-corrected chi connectivity index (χ0v) is 5.53. The van der Waals surface area contributed by atoms with Crippen LogP contribution in [0.5, 0.6) is 0 Å². The Morgan fingerprint density at radius 1 is 1.64 bits per heavy atom. The topological polar surface area (TPSA) is 85.3 Å². The van der Waals surface area contributed by atoms with Gasteiger partial charge >= 0.3 is 5.63 Å². The van der Waals surface area contributed by atoms with Gasteiger partial charge in [-0.25, -0.2) is 10.6 Å². The van der Waals surface area contributed by atoms with Gasteiger partial charge in [0.05, 0.1) is 11.8 Å². The maximum absolute atomic E-state index is 10.7. The summed E-state index contributed by atoms with van der Waals surface area (Å²) in [4.78, 5) is 21.3. The molecule has 0 saturated heterocycles. The number of nitrogens with two attached hydrogens (primary N) is 1. The molecule has 0 aliphatic heterocycles. The van der Waals surface area contributed by atoms with E-state index in [-0.39, 0.29) is 5.56 Å². The Morgan fingerprint density at radius 2 is 2.36 bits per heavy atom. The van der Waals surface area contributed by atoms with Gasteiger partial charge in [-0.2, -0.15) is 0 Å². The highest BCUT2D eigenvalue weighted by molar-refractivity contribution is 5.93. The number of hydrogen-bond donors (Lipinski definition) is 2. The molecule has 0 unspecified atom stereocenters. The molecule has 0 radical (unpaired) electrons. The Morgan fingerprint density at radius 3 is 2.91 bits per heavy atom. The van der Waals surface area contributed by atoms with Gasteiger partial charge in [0, 0.05) is 6.07 Å². The Bertz CT molecular complexity index is 318.